The number of fused-ring (bicyclic) bond motifs is 7. The number of rotatable bonds is 4. The van der Waals surface area contributed by atoms with Gasteiger partial charge in [-0.15, -0.1) is 0 Å². The number of amidine groups is 1. The summed E-state index contributed by atoms with van der Waals surface area (Å²) in [6.07, 6.45) is 2.25. The van der Waals surface area contributed by atoms with Gasteiger partial charge in [0, 0.05) is 43.7 Å². The van der Waals surface area contributed by atoms with Crippen LogP contribution in [0.3, 0.4) is 0 Å². The Hall–Kier alpha value is -6.39. The summed E-state index contributed by atoms with van der Waals surface area (Å²) >= 11 is 0. The average Bonchev–Trinajstić information content (AvgIpc) is 3.72. The number of nitrogens with one attached hydrogen (secondary N) is 2. The van der Waals surface area contributed by atoms with Crippen LogP contribution in [0.2, 0.25) is 0 Å². The molecule has 2 N–H and O–H groups in total. The number of hydrogen-bond donors (Lipinski definition) is 2. The molecule has 4 nitrogen and oxygen atoms in total. The molecule has 48 heavy (non-hydrogen) atoms. The maximum absolute atomic E-state index is 6.32. The zero-order valence-electron chi connectivity index (χ0n) is 25.9. The molecular weight excluding hydrogens is 587 g/mol. The van der Waals surface area contributed by atoms with E-state index in [1.54, 1.807) is 0 Å². The van der Waals surface area contributed by atoms with Crippen LogP contribution in [-0.2, 0) is 0 Å². The molecule has 0 saturated carbocycles. The lowest BCUT2D eigenvalue weighted by Crippen LogP contribution is -2.31. The first kappa shape index (κ1) is 26.8. The molecule has 0 fully saturated rings. The van der Waals surface area contributed by atoms with E-state index in [9.17, 15) is 0 Å². The monoisotopic (exact) mass is 615 g/mol. The van der Waals surface area contributed by atoms with E-state index in [1.807, 2.05) is 12.1 Å². The number of H-pyrrole nitrogens is 1. The first-order valence-electron chi connectivity index (χ1n) is 16.3. The van der Waals surface area contributed by atoms with Crippen molar-refractivity contribution in [3.8, 4) is 11.1 Å². The Balaban J connectivity index is 1.17. The van der Waals surface area contributed by atoms with E-state index < -0.39 is 0 Å². The summed E-state index contributed by atoms with van der Waals surface area (Å²) in [5.74, 6) is 0.842. The van der Waals surface area contributed by atoms with Crippen LogP contribution in [0.4, 0.5) is 0 Å². The summed E-state index contributed by atoms with van der Waals surface area (Å²) in [6.45, 7) is 0. The molecule has 0 saturated heterocycles. The second-order valence-electron chi connectivity index (χ2n) is 12.5. The quantitative estimate of drug-likeness (QED) is 0.207. The summed E-state index contributed by atoms with van der Waals surface area (Å²) in [5.41, 5.74) is 10.6. The molecule has 1 unspecified atom stereocenters. The number of para-hydroxylation sites is 1. The van der Waals surface area contributed by atoms with E-state index in [-0.39, 0.29) is 6.04 Å². The number of aromatic amines is 1. The minimum absolute atomic E-state index is 0.128. The molecule has 1 aliphatic heterocycles. The lowest BCUT2D eigenvalue weighted by atomic mass is 9.96. The minimum Gasteiger partial charge on any atom is -0.456 e. The second-order valence-corrected chi connectivity index (χ2v) is 12.5. The fourth-order valence-electron chi connectivity index (χ4n) is 7.26. The molecule has 0 amide bonds. The third kappa shape index (κ3) is 4.34. The Morgan fingerprint density at radius 2 is 1.33 bits per heavy atom. The summed E-state index contributed by atoms with van der Waals surface area (Å²) in [7, 11) is 0. The molecule has 10 rings (SSSR count). The molecule has 0 aliphatic carbocycles. The molecule has 7 aromatic carbocycles. The Labute approximate surface area is 276 Å². The molecule has 1 atom stereocenters. The Bertz CT molecular complexity index is 2760. The topological polar surface area (TPSA) is 53.3 Å². The van der Waals surface area contributed by atoms with Crippen molar-refractivity contribution in [2.24, 2.45) is 4.99 Å². The molecule has 2 aromatic heterocycles. The second kappa shape index (κ2) is 10.6. The maximum atomic E-state index is 6.32. The number of aliphatic imine (C=N–C) groups is 1. The van der Waals surface area contributed by atoms with Crippen molar-refractivity contribution >= 4 is 66.0 Å². The van der Waals surface area contributed by atoms with E-state index in [4.69, 9.17) is 9.41 Å². The van der Waals surface area contributed by atoms with Crippen LogP contribution in [0, 0.1) is 0 Å². The molecular formula is C44H29N3O. The van der Waals surface area contributed by atoms with Gasteiger partial charge < -0.3 is 14.7 Å². The Morgan fingerprint density at radius 1 is 0.521 bits per heavy atom. The lowest BCUT2D eigenvalue weighted by Gasteiger charge is -2.25. The Kier molecular flexibility index (Phi) is 5.90. The van der Waals surface area contributed by atoms with E-state index in [0.717, 1.165) is 61.2 Å². The molecule has 9 aromatic rings. The van der Waals surface area contributed by atoms with E-state index in [2.05, 4.69) is 156 Å². The summed E-state index contributed by atoms with van der Waals surface area (Å²) < 4.78 is 6.32. The van der Waals surface area contributed by atoms with Crippen molar-refractivity contribution in [3.63, 3.8) is 0 Å². The fraction of sp³-hybridized carbons (Fsp3) is 0.0227. The van der Waals surface area contributed by atoms with Gasteiger partial charge in [0.05, 0.1) is 11.7 Å². The molecule has 226 valence electrons. The highest BCUT2D eigenvalue weighted by molar-refractivity contribution is 6.15. The summed E-state index contributed by atoms with van der Waals surface area (Å²) in [6, 6.07) is 53.4. The highest BCUT2D eigenvalue weighted by Gasteiger charge is 2.23. The molecule has 4 heteroatoms. The molecule has 0 radical (unpaired) electrons. The van der Waals surface area contributed by atoms with Gasteiger partial charge in [-0.1, -0.05) is 115 Å². The number of nitrogens with zero attached hydrogens (tertiary/aromatic N) is 1. The lowest BCUT2D eigenvalue weighted by molar-refractivity contribution is 0.666. The van der Waals surface area contributed by atoms with Gasteiger partial charge in [-0.05, 0) is 69.9 Å². The fourth-order valence-corrected chi connectivity index (χ4v) is 7.26. The van der Waals surface area contributed by atoms with Gasteiger partial charge >= 0.3 is 0 Å². The number of furan rings is 1. The highest BCUT2D eigenvalue weighted by Crippen LogP contribution is 2.38. The zero-order chi connectivity index (χ0) is 31.6. The van der Waals surface area contributed by atoms with Crippen molar-refractivity contribution in [3.05, 3.63) is 174 Å². The molecule has 3 heterocycles. The predicted octanol–water partition coefficient (Wildman–Crippen LogP) is 11.2. The van der Waals surface area contributed by atoms with Crippen molar-refractivity contribution in [1.82, 2.24) is 10.3 Å². The van der Waals surface area contributed by atoms with Crippen LogP contribution >= 0.6 is 0 Å². The van der Waals surface area contributed by atoms with Crippen LogP contribution < -0.4 is 5.32 Å². The highest BCUT2D eigenvalue weighted by atomic mass is 16.3. The molecule has 0 bridgehead atoms. The third-order valence-electron chi connectivity index (χ3n) is 9.64. The predicted molar refractivity (Wildman–Crippen MR) is 199 cm³/mol. The van der Waals surface area contributed by atoms with Gasteiger partial charge in [-0.2, -0.15) is 0 Å². The molecule has 1 aliphatic rings. The van der Waals surface area contributed by atoms with E-state index in [0.29, 0.717) is 0 Å². The van der Waals surface area contributed by atoms with Crippen LogP contribution in [0.1, 0.15) is 22.7 Å². The number of aromatic nitrogens is 1. The van der Waals surface area contributed by atoms with Crippen molar-refractivity contribution in [2.75, 3.05) is 0 Å². The van der Waals surface area contributed by atoms with E-state index >= 15 is 0 Å². The smallest absolute Gasteiger partial charge is 0.135 e. The SMILES string of the molecule is C1=C(c2cccc3[nH]c4ccc(-c5ccccc5)cc4c23)N=C(c2ccc3ccccc3c2)NC1c1ccc2c(c1)oc1ccccc12. The van der Waals surface area contributed by atoms with E-state index in [1.165, 1.54) is 32.7 Å². The maximum Gasteiger partial charge on any atom is 0.135 e. The normalized spacial score (nSPS) is 14.9. The van der Waals surface area contributed by atoms with Gasteiger partial charge in [0.25, 0.3) is 0 Å². The van der Waals surface area contributed by atoms with Crippen molar-refractivity contribution < 1.29 is 4.42 Å². The van der Waals surface area contributed by atoms with Gasteiger partial charge in [-0.25, -0.2) is 4.99 Å². The minimum atomic E-state index is -0.128. The van der Waals surface area contributed by atoms with Crippen LogP contribution in [0.25, 0.3) is 71.3 Å². The average molecular weight is 616 g/mol. The van der Waals surface area contributed by atoms with Gasteiger partial charge in [0.1, 0.15) is 17.0 Å². The summed E-state index contributed by atoms with van der Waals surface area (Å²) in [5, 5.41) is 10.8. The first-order valence-corrected chi connectivity index (χ1v) is 16.3. The standard InChI is InChI=1S/C44H29N3O/c1-2-9-27(10-3-1)30-20-22-37-36(24-30)43-35(14-8-15-38(43)45-37)40-26-39(31-19-21-34-33-13-6-7-16-41(33)48-42(34)25-31)46-44(47-40)32-18-17-28-11-4-5-12-29(28)23-32/h1-26,39,45H,(H,46,47). The van der Waals surface area contributed by atoms with Gasteiger partial charge in [-0.3, -0.25) is 0 Å². The van der Waals surface area contributed by atoms with Crippen molar-refractivity contribution in [1.29, 1.82) is 0 Å². The van der Waals surface area contributed by atoms with Crippen LogP contribution in [-0.4, -0.2) is 10.8 Å². The Morgan fingerprint density at radius 3 is 2.27 bits per heavy atom. The van der Waals surface area contributed by atoms with Gasteiger partial charge in [0.2, 0.25) is 0 Å². The first-order chi connectivity index (χ1) is 23.7. The molecule has 0 spiro atoms. The van der Waals surface area contributed by atoms with Gasteiger partial charge in [0.15, 0.2) is 0 Å². The zero-order valence-corrected chi connectivity index (χ0v) is 25.9. The van der Waals surface area contributed by atoms with Crippen molar-refractivity contribution in [2.45, 2.75) is 6.04 Å². The van der Waals surface area contributed by atoms with Crippen LogP contribution in [0.15, 0.2) is 167 Å². The number of hydrogen-bond acceptors (Lipinski definition) is 3. The largest absolute Gasteiger partial charge is 0.456 e. The summed E-state index contributed by atoms with van der Waals surface area (Å²) in [4.78, 5) is 9.02. The number of benzene rings is 7. The third-order valence-corrected chi connectivity index (χ3v) is 9.64. The van der Waals surface area contributed by atoms with Crippen LogP contribution in [0.5, 0.6) is 0 Å².